The molecular formula is C16H17ClN2O2. The zero-order valence-electron chi connectivity index (χ0n) is 11.6. The van der Waals surface area contributed by atoms with Gasteiger partial charge in [-0.1, -0.05) is 29.8 Å². The van der Waals surface area contributed by atoms with Crippen molar-refractivity contribution in [2.24, 2.45) is 0 Å². The lowest BCUT2D eigenvalue weighted by Gasteiger charge is -2.15. The standard InChI is InChI=1S/C16H17ClN2O2/c17-14-4-2-1-3-11(14)5-8-15(20)18-12-9-16(21)19(10-12)13-6-7-13/h1-5,8,12-13H,6-7,9-10H2,(H,18,20). The van der Waals surface area contributed by atoms with Gasteiger partial charge in [0.2, 0.25) is 11.8 Å². The molecule has 3 rings (SSSR count). The second-order valence-corrected chi connectivity index (χ2v) is 5.95. The Morgan fingerprint density at radius 1 is 1.33 bits per heavy atom. The quantitative estimate of drug-likeness (QED) is 0.867. The number of rotatable bonds is 4. The topological polar surface area (TPSA) is 49.4 Å². The van der Waals surface area contributed by atoms with Gasteiger partial charge in [0, 0.05) is 30.1 Å². The Morgan fingerprint density at radius 3 is 2.81 bits per heavy atom. The normalized spacial score (nSPS) is 22.0. The van der Waals surface area contributed by atoms with Crippen molar-refractivity contribution in [3.05, 3.63) is 40.9 Å². The van der Waals surface area contributed by atoms with E-state index in [1.165, 1.54) is 6.08 Å². The maximum Gasteiger partial charge on any atom is 0.244 e. The Labute approximate surface area is 128 Å². The van der Waals surface area contributed by atoms with Gasteiger partial charge in [-0.2, -0.15) is 0 Å². The predicted octanol–water partition coefficient (Wildman–Crippen LogP) is 2.23. The van der Waals surface area contributed by atoms with Gasteiger partial charge in [0.15, 0.2) is 0 Å². The molecule has 1 aromatic carbocycles. The van der Waals surface area contributed by atoms with Gasteiger partial charge in [-0.15, -0.1) is 0 Å². The summed E-state index contributed by atoms with van der Waals surface area (Å²) in [5.41, 5.74) is 0.802. The summed E-state index contributed by atoms with van der Waals surface area (Å²) >= 11 is 6.02. The van der Waals surface area contributed by atoms with Gasteiger partial charge in [0.25, 0.3) is 0 Å². The van der Waals surface area contributed by atoms with E-state index in [2.05, 4.69) is 5.32 Å². The summed E-state index contributed by atoms with van der Waals surface area (Å²) < 4.78 is 0. The molecule has 0 spiro atoms. The highest BCUT2D eigenvalue weighted by atomic mass is 35.5. The molecule has 1 unspecified atom stereocenters. The number of halogens is 1. The highest BCUT2D eigenvalue weighted by Crippen LogP contribution is 2.30. The molecule has 21 heavy (non-hydrogen) atoms. The minimum absolute atomic E-state index is 0.0819. The first-order valence-electron chi connectivity index (χ1n) is 7.16. The first-order chi connectivity index (χ1) is 10.1. The maximum absolute atomic E-state index is 11.9. The maximum atomic E-state index is 11.9. The van der Waals surface area contributed by atoms with E-state index in [0.29, 0.717) is 24.0 Å². The van der Waals surface area contributed by atoms with Crippen molar-refractivity contribution < 1.29 is 9.59 Å². The smallest absolute Gasteiger partial charge is 0.244 e. The number of benzene rings is 1. The predicted molar refractivity (Wildman–Crippen MR) is 81.8 cm³/mol. The fourth-order valence-electron chi connectivity index (χ4n) is 2.59. The summed E-state index contributed by atoms with van der Waals surface area (Å²) in [6.45, 7) is 0.634. The number of carbonyl (C=O) groups excluding carboxylic acids is 2. The molecule has 2 amide bonds. The van der Waals surface area contributed by atoms with Gasteiger partial charge in [-0.25, -0.2) is 0 Å². The largest absolute Gasteiger partial charge is 0.348 e. The van der Waals surface area contributed by atoms with Crippen LogP contribution < -0.4 is 5.32 Å². The lowest BCUT2D eigenvalue weighted by Crippen LogP contribution is -2.36. The second-order valence-electron chi connectivity index (χ2n) is 5.54. The molecule has 0 bridgehead atoms. The van der Waals surface area contributed by atoms with E-state index in [0.717, 1.165) is 18.4 Å². The van der Waals surface area contributed by atoms with Gasteiger partial charge >= 0.3 is 0 Å². The fourth-order valence-corrected chi connectivity index (χ4v) is 2.79. The van der Waals surface area contributed by atoms with E-state index in [9.17, 15) is 9.59 Å². The Balaban J connectivity index is 1.55. The number of hydrogen-bond acceptors (Lipinski definition) is 2. The molecule has 2 aliphatic rings. The Morgan fingerprint density at radius 2 is 2.10 bits per heavy atom. The van der Waals surface area contributed by atoms with E-state index < -0.39 is 0 Å². The van der Waals surface area contributed by atoms with Crippen LogP contribution in [0.15, 0.2) is 30.3 Å². The van der Waals surface area contributed by atoms with Gasteiger partial charge in [0.1, 0.15) is 0 Å². The third-order valence-electron chi connectivity index (χ3n) is 3.81. The van der Waals surface area contributed by atoms with E-state index in [1.54, 1.807) is 12.1 Å². The minimum atomic E-state index is -0.189. The average Bonchev–Trinajstić information content (AvgIpc) is 3.23. The molecule has 1 aliphatic carbocycles. The molecule has 0 radical (unpaired) electrons. The molecule has 1 N–H and O–H groups in total. The fraction of sp³-hybridized carbons (Fsp3) is 0.375. The third-order valence-corrected chi connectivity index (χ3v) is 4.16. The Hall–Kier alpha value is -1.81. The van der Waals surface area contributed by atoms with Crippen LogP contribution in [0.4, 0.5) is 0 Å². The molecule has 1 heterocycles. The summed E-state index contributed by atoms with van der Waals surface area (Å²) in [6.07, 6.45) is 5.75. The van der Waals surface area contributed by atoms with E-state index in [4.69, 9.17) is 11.6 Å². The van der Waals surface area contributed by atoms with Crippen LogP contribution in [0.5, 0.6) is 0 Å². The monoisotopic (exact) mass is 304 g/mol. The number of likely N-dealkylation sites (tertiary alicyclic amines) is 1. The van der Waals surface area contributed by atoms with Gasteiger partial charge in [-0.05, 0) is 30.5 Å². The number of amides is 2. The molecule has 4 nitrogen and oxygen atoms in total. The molecule has 0 aromatic heterocycles. The molecule has 1 aliphatic heterocycles. The lowest BCUT2D eigenvalue weighted by atomic mass is 10.2. The van der Waals surface area contributed by atoms with Gasteiger partial charge in [0.05, 0.1) is 6.04 Å². The summed E-state index contributed by atoms with van der Waals surface area (Å²) in [5, 5.41) is 3.49. The van der Waals surface area contributed by atoms with Gasteiger partial charge in [-0.3, -0.25) is 9.59 Å². The zero-order chi connectivity index (χ0) is 14.8. The molecule has 1 atom stereocenters. The number of hydrogen-bond donors (Lipinski definition) is 1. The molecule has 2 fully saturated rings. The first kappa shape index (κ1) is 14.1. The van der Waals surface area contributed by atoms with Crippen LogP contribution in [0.3, 0.4) is 0 Å². The molecule has 1 aromatic rings. The Bertz CT molecular complexity index is 596. The zero-order valence-corrected chi connectivity index (χ0v) is 12.3. The minimum Gasteiger partial charge on any atom is -0.348 e. The van der Waals surface area contributed by atoms with Crippen molar-refractivity contribution in [2.45, 2.75) is 31.3 Å². The highest BCUT2D eigenvalue weighted by molar-refractivity contribution is 6.32. The number of carbonyl (C=O) groups is 2. The molecular weight excluding hydrogens is 288 g/mol. The van der Waals surface area contributed by atoms with Crippen molar-refractivity contribution in [2.75, 3.05) is 6.54 Å². The van der Waals surface area contributed by atoms with Crippen LogP contribution in [-0.4, -0.2) is 35.3 Å². The Kier molecular flexibility index (Phi) is 3.97. The lowest BCUT2D eigenvalue weighted by molar-refractivity contribution is -0.128. The van der Waals surface area contributed by atoms with Crippen molar-refractivity contribution in [1.82, 2.24) is 10.2 Å². The molecule has 1 saturated carbocycles. The van der Waals surface area contributed by atoms with Crippen LogP contribution in [0, 0.1) is 0 Å². The van der Waals surface area contributed by atoms with E-state index in [1.807, 2.05) is 23.1 Å². The van der Waals surface area contributed by atoms with Crippen molar-refractivity contribution in [1.29, 1.82) is 0 Å². The summed E-state index contributed by atoms with van der Waals surface area (Å²) in [6, 6.07) is 7.67. The van der Waals surface area contributed by atoms with Crippen LogP contribution in [0.1, 0.15) is 24.8 Å². The highest BCUT2D eigenvalue weighted by Gasteiger charge is 2.39. The third kappa shape index (κ3) is 3.45. The summed E-state index contributed by atoms with van der Waals surface area (Å²) in [7, 11) is 0. The first-order valence-corrected chi connectivity index (χ1v) is 7.54. The van der Waals surface area contributed by atoms with Crippen LogP contribution in [0.25, 0.3) is 6.08 Å². The van der Waals surface area contributed by atoms with E-state index in [-0.39, 0.29) is 17.9 Å². The molecule has 110 valence electrons. The van der Waals surface area contributed by atoms with Crippen LogP contribution >= 0.6 is 11.6 Å². The molecule has 1 saturated heterocycles. The summed E-state index contributed by atoms with van der Waals surface area (Å²) in [5.74, 6) is -0.0387. The van der Waals surface area contributed by atoms with Crippen molar-refractivity contribution >= 4 is 29.5 Å². The van der Waals surface area contributed by atoms with Gasteiger partial charge < -0.3 is 10.2 Å². The average molecular weight is 305 g/mol. The number of nitrogens with zero attached hydrogens (tertiary/aromatic N) is 1. The van der Waals surface area contributed by atoms with Crippen molar-refractivity contribution in [3.8, 4) is 0 Å². The number of nitrogens with one attached hydrogen (secondary N) is 1. The van der Waals surface area contributed by atoms with Crippen LogP contribution in [0.2, 0.25) is 5.02 Å². The van der Waals surface area contributed by atoms with E-state index >= 15 is 0 Å². The second kappa shape index (κ2) is 5.90. The summed E-state index contributed by atoms with van der Waals surface area (Å²) in [4.78, 5) is 25.6. The molecule has 5 heteroatoms. The van der Waals surface area contributed by atoms with Crippen LogP contribution in [-0.2, 0) is 9.59 Å². The van der Waals surface area contributed by atoms with Crippen molar-refractivity contribution in [3.63, 3.8) is 0 Å². The SMILES string of the molecule is O=C(C=Cc1ccccc1Cl)NC1CC(=O)N(C2CC2)C1.